The Balaban J connectivity index is 1.71. The van der Waals surface area contributed by atoms with Crippen molar-refractivity contribution in [3.8, 4) is 5.75 Å². The highest BCUT2D eigenvalue weighted by molar-refractivity contribution is 7.92. The molecule has 0 fully saturated rings. The molecular formula is C21H23N3O3S. The van der Waals surface area contributed by atoms with Gasteiger partial charge in [-0.2, -0.15) is 0 Å². The summed E-state index contributed by atoms with van der Waals surface area (Å²) in [6, 6.07) is 15.8. The summed E-state index contributed by atoms with van der Waals surface area (Å²) in [6.45, 7) is 6.45. The van der Waals surface area contributed by atoms with E-state index in [0.717, 1.165) is 22.5 Å². The molecule has 0 amide bonds. The Labute approximate surface area is 165 Å². The zero-order valence-corrected chi connectivity index (χ0v) is 16.9. The number of aromatic nitrogens is 1. The third-order valence-electron chi connectivity index (χ3n) is 4.12. The van der Waals surface area contributed by atoms with Gasteiger partial charge in [-0.05, 0) is 74.4 Å². The monoisotopic (exact) mass is 397 g/mol. The minimum Gasteiger partial charge on any atom is -0.494 e. The number of sulfonamides is 1. The van der Waals surface area contributed by atoms with Crippen molar-refractivity contribution < 1.29 is 13.2 Å². The van der Waals surface area contributed by atoms with Crippen LogP contribution in [0.1, 0.15) is 18.1 Å². The lowest BCUT2D eigenvalue weighted by Crippen LogP contribution is -2.13. The second-order valence-corrected chi connectivity index (χ2v) is 8.07. The Morgan fingerprint density at radius 2 is 1.75 bits per heavy atom. The molecule has 28 heavy (non-hydrogen) atoms. The van der Waals surface area contributed by atoms with Crippen LogP contribution in [0.2, 0.25) is 0 Å². The van der Waals surface area contributed by atoms with Gasteiger partial charge in [0.05, 0.1) is 23.4 Å². The second-order valence-electron chi connectivity index (χ2n) is 6.39. The van der Waals surface area contributed by atoms with Crippen LogP contribution >= 0.6 is 0 Å². The van der Waals surface area contributed by atoms with Gasteiger partial charge in [-0.15, -0.1) is 0 Å². The Bertz CT molecular complexity index is 1050. The largest absolute Gasteiger partial charge is 0.494 e. The van der Waals surface area contributed by atoms with Crippen LogP contribution in [0.5, 0.6) is 5.75 Å². The zero-order valence-electron chi connectivity index (χ0n) is 16.1. The SMILES string of the molecule is CCOc1ccc(S(=O)(=O)Nc2ccc(Nc3cc(C)ccc3C)cn2)cc1. The third-order valence-corrected chi connectivity index (χ3v) is 5.49. The topological polar surface area (TPSA) is 80.3 Å². The van der Waals surface area contributed by atoms with Gasteiger partial charge in [0.1, 0.15) is 11.6 Å². The number of nitrogens with one attached hydrogen (secondary N) is 2. The molecule has 1 aromatic heterocycles. The van der Waals surface area contributed by atoms with Crippen molar-refractivity contribution in [3.05, 3.63) is 71.9 Å². The molecule has 0 radical (unpaired) electrons. The number of nitrogens with zero attached hydrogens (tertiary/aromatic N) is 1. The number of hydrogen-bond acceptors (Lipinski definition) is 5. The minimum atomic E-state index is -3.72. The highest BCUT2D eigenvalue weighted by Crippen LogP contribution is 2.23. The molecule has 3 rings (SSSR count). The molecule has 1 heterocycles. The number of anilines is 3. The summed E-state index contributed by atoms with van der Waals surface area (Å²) in [6.07, 6.45) is 1.60. The van der Waals surface area contributed by atoms with Crippen LogP contribution in [-0.4, -0.2) is 20.0 Å². The quantitative estimate of drug-likeness (QED) is 0.607. The average Bonchev–Trinajstić information content (AvgIpc) is 2.67. The molecule has 0 atom stereocenters. The first-order valence-corrected chi connectivity index (χ1v) is 10.4. The molecule has 0 aliphatic carbocycles. The van der Waals surface area contributed by atoms with Gasteiger partial charge in [0.25, 0.3) is 10.0 Å². The van der Waals surface area contributed by atoms with Crippen LogP contribution in [0.25, 0.3) is 0 Å². The molecule has 0 aliphatic rings. The first kappa shape index (κ1) is 19.7. The molecule has 7 heteroatoms. The molecule has 0 spiro atoms. The van der Waals surface area contributed by atoms with Crippen LogP contribution in [0.3, 0.4) is 0 Å². The second kappa shape index (κ2) is 8.31. The molecule has 6 nitrogen and oxygen atoms in total. The molecule has 146 valence electrons. The number of benzene rings is 2. The van der Waals surface area contributed by atoms with Crippen molar-refractivity contribution >= 4 is 27.2 Å². The Hall–Kier alpha value is -3.06. The van der Waals surface area contributed by atoms with Gasteiger partial charge in [-0.3, -0.25) is 4.72 Å². The van der Waals surface area contributed by atoms with E-state index in [9.17, 15) is 8.42 Å². The maximum atomic E-state index is 12.5. The van der Waals surface area contributed by atoms with Crippen LogP contribution in [-0.2, 0) is 10.0 Å². The van der Waals surface area contributed by atoms with Gasteiger partial charge in [0.2, 0.25) is 0 Å². The summed E-state index contributed by atoms with van der Waals surface area (Å²) in [4.78, 5) is 4.36. The number of rotatable bonds is 7. The maximum Gasteiger partial charge on any atom is 0.263 e. The lowest BCUT2D eigenvalue weighted by molar-refractivity contribution is 0.340. The molecule has 2 aromatic carbocycles. The van der Waals surface area contributed by atoms with Gasteiger partial charge in [0, 0.05) is 5.69 Å². The van der Waals surface area contributed by atoms with E-state index in [1.165, 1.54) is 12.1 Å². The third kappa shape index (κ3) is 4.80. The van der Waals surface area contributed by atoms with Crippen molar-refractivity contribution in [2.45, 2.75) is 25.7 Å². The number of aryl methyl sites for hydroxylation is 2. The van der Waals surface area contributed by atoms with E-state index in [2.05, 4.69) is 27.2 Å². The van der Waals surface area contributed by atoms with Crippen molar-refractivity contribution in [3.63, 3.8) is 0 Å². The van der Waals surface area contributed by atoms with Gasteiger partial charge >= 0.3 is 0 Å². The summed E-state index contributed by atoms with van der Waals surface area (Å²) in [5.41, 5.74) is 4.04. The Morgan fingerprint density at radius 1 is 1.00 bits per heavy atom. The molecule has 3 aromatic rings. The van der Waals surface area contributed by atoms with E-state index in [0.29, 0.717) is 12.4 Å². The van der Waals surface area contributed by atoms with Crippen molar-refractivity contribution in [1.82, 2.24) is 4.98 Å². The first-order valence-electron chi connectivity index (χ1n) is 8.93. The van der Waals surface area contributed by atoms with Crippen LogP contribution in [0.4, 0.5) is 17.2 Å². The summed E-state index contributed by atoms with van der Waals surface area (Å²) < 4.78 is 32.9. The summed E-state index contributed by atoms with van der Waals surface area (Å²) in [5.74, 6) is 0.877. The normalized spacial score (nSPS) is 11.1. The molecular weight excluding hydrogens is 374 g/mol. The van der Waals surface area contributed by atoms with E-state index < -0.39 is 10.0 Å². The van der Waals surface area contributed by atoms with Crippen LogP contribution in [0.15, 0.2) is 65.7 Å². The Kier molecular flexibility index (Phi) is 5.84. The van der Waals surface area contributed by atoms with Crippen LogP contribution < -0.4 is 14.8 Å². The standard InChI is InChI=1S/C21H23N3O3S/c1-4-27-18-8-10-19(11-9-18)28(25,26)24-21-12-7-17(14-22-21)23-20-13-15(2)5-6-16(20)3/h5-14,23H,4H2,1-3H3,(H,22,24). The lowest BCUT2D eigenvalue weighted by Gasteiger charge is -2.12. The minimum absolute atomic E-state index is 0.148. The zero-order chi connectivity index (χ0) is 20.1. The molecule has 0 saturated heterocycles. The van der Waals surface area contributed by atoms with E-state index >= 15 is 0 Å². The predicted octanol–water partition coefficient (Wildman–Crippen LogP) is 4.64. The van der Waals surface area contributed by atoms with E-state index in [1.807, 2.05) is 26.8 Å². The highest BCUT2D eigenvalue weighted by atomic mass is 32.2. The van der Waals surface area contributed by atoms with E-state index in [4.69, 9.17) is 4.74 Å². The van der Waals surface area contributed by atoms with Crippen molar-refractivity contribution in [2.75, 3.05) is 16.6 Å². The van der Waals surface area contributed by atoms with Crippen LogP contribution in [0, 0.1) is 13.8 Å². The molecule has 0 aliphatic heterocycles. The number of ether oxygens (including phenoxy) is 1. The lowest BCUT2D eigenvalue weighted by atomic mass is 10.1. The van der Waals surface area contributed by atoms with E-state index in [-0.39, 0.29) is 10.7 Å². The number of pyridine rings is 1. The Morgan fingerprint density at radius 3 is 2.39 bits per heavy atom. The molecule has 0 unspecified atom stereocenters. The van der Waals surface area contributed by atoms with Gasteiger partial charge in [0.15, 0.2) is 0 Å². The smallest absolute Gasteiger partial charge is 0.263 e. The maximum absolute atomic E-state index is 12.5. The fourth-order valence-electron chi connectivity index (χ4n) is 2.63. The molecule has 0 bridgehead atoms. The fraction of sp³-hybridized carbons (Fsp3) is 0.190. The van der Waals surface area contributed by atoms with Gasteiger partial charge in [-0.1, -0.05) is 12.1 Å². The average molecular weight is 398 g/mol. The van der Waals surface area contributed by atoms with Crippen molar-refractivity contribution in [2.24, 2.45) is 0 Å². The summed E-state index contributed by atoms with van der Waals surface area (Å²) >= 11 is 0. The highest BCUT2D eigenvalue weighted by Gasteiger charge is 2.15. The molecule has 0 saturated carbocycles. The molecule has 2 N–H and O–H groups in total. The fourth-order valence-corrected chi connectivity index (χ4v) is 3.64. The predicted molar refractivity (Wildman–Crippen MR) is 112 cm³/mol. The van der Waals surface area contributed by atoms with Gasteiger partial charge in [-0.25, -0.2) is 13.4 Å². The number of hydrogen-bond donors (Lipinski definition) is 2. The summed E-state index contributed by atoms with van der Waals surface area (Å²) in [5, 5.41) is 3.30. The van der Waals surface area contributed by atoms with E-state index in [1.54, 1.807) is 30.5 Å². The van der Waals surface area contributed by atoms with Gasteiger partial charge < -0.3 is 10.1 Å². The summed E-state index contributed by atoms with van der Waals surface area (Å²) in [7, 11) is -3.72. The first-order chi connectivity index (χ1) is 13.4. The van der Waals surface area contributed by atoms with Crippen molar-refractivity contribution in [1.29, 1.82) is 0 Å².